The molecule has 120 valence electrons. The van der Waals surface area contributed by atoms with Crippen molar-refractivity contribution in [2.24, 2.45) is 0 Å². The zero-order chi connectivity index (χ0) is 16.9. The third-order valence-electron chi connectivity index (χ3n) is 3.24. The second kappa shape index (κ2) is 7.38. The summed E-state index contributed by atoms with van der Waals surface area (Å²) in [6, 6.07) is 14.4. The van der Waals surface area contributed by atoms with E-state index in [9.17, 15) is 9.59 Å². The summed E-state index contributed by atoms with van der Waals surface area (Å²) in [4.78, 5) is 28.3. The van der Waals surface area contributed by atoms with Gasteiger partial charge >= 0.3 is 0 Å². The van der Waals surface area contributed by atoms with Gasteiger partial charge in [-0.05, 0) is 29.8 Å². The van der Waals surface area contributed by atoms with Crippen molar-refractivity contribution in [3.05, 3.63) is 74.7 Å². The fourth-order valence-electron chi connectivity index (χ4n) is 2.15. The normalized spacial score (nSPS) is 11.0. The molecule has 0 saturated heterocycles. The summed E-state index contributed by atoms with van der Waals surface area (Å²) in [7, 11) is 0. The summed E-state index contributed by atoms with van der Waals surface area (Å²) < 4.78 is -0.120. The number of fused-ring (bicyclic) bond motifs is 1. The first-order chi connectivity index (χ1) is 11.6. The van der Waals surface area contributed by atoms with Crippen molar-refractivity contribution in [2.75, 3.05) is 5.32 Å². The van der Waals surface area contributed by atoms with Gasteiger partial charge in [-0.2, -0.15) is 0 Å². The van der Waals surface area contributed by atoms with Crippen LogP contribution in [0, 0.1) is 0 Å². The standard InChI is InChI=1S/C18H13ClN2O2S/c19-13-7-3-5-12(11-13)6-4-10-16(22)21-18-20-15-9-2-1-8-14(15)17(23)24-18/h1-9,11H,10H2,(H,20,21,22)/b6-4+. The zero-order valence-corrected chi connectivity index (χ0v) is 14.1. The number of nitrogens with one attached hydrogen (secondary N) is 1. The van der Waals surface area contributed by atoms with Crippen molar-refractivity contribution in [3.63, 3.8) is 0 Å². The van der Waals surface area contributed by atoms with Crippen molar-refractivity contribution in [1.82, 2.24) is 4.98 Å². The molecule has 3 rings (SSSR count). The lowest BCUT2D eigenvalue weighted by molar-refractivity contribution is -0.115. The van der Waals surface area contributed by atoms with E-state index in [-0.39, 0.29) is 17.1 Å². The van der Waals surface area contributed by atoms with E-state index in [2.05, 4.69) is 10.3 Å². The fraction of sp³-hybridized carbons (Fsp3) is 0.0556. The smallest absolute Gasteiger partial charge is 0.245 e. The number of para-hydroxylation sites is 1. The number of halogens is 1. The third-order valence-corrected chi connectivity index (χ3v) is 4.27. The predicted molar refractivity (Wildman–Crippen MR) is 99.6 cm³/mol. The minimum atomic E-state index is -0.230. The van der Waals surface area contributed by atoms with Crippen LogP contribution in [0.25, 0.3) is 17.0 Å². The van der Waals surface area contributed by atoms with Crippen LogP contribution >= 0.6 is 22.9 Å². The van der Waals surface area contributed by atoms with Crippen LogP contribution in [0.15, 0.2) is 59.4 Å². The van der Waals surface area contributed by atoms with Crippen molar-refractivity contribution in [2.45, 2.75) is 6.42 Å². The summed E-state index contributed by atoms with van der Waals surface area (Å²) in [5.41, 5.74) is 1.50. The monoisotopic (exact) mass is 356 g/mol. The number of benzene rings is 2. The fourth-order valence-corrected chi connectivity index (χ4v) is 3.12. The number of hydrogen-bond donors (Lipinski definition) is 1. The van der Waals surface area contributed by atoms with E-state index in [0.29, 0.717) is 21.1 Å². The van der Waals surface area contributed by atoms with Crippen LogP contribution in [-0.2, 0) is 4.79 Å². The van der Waals surface area contributed by atoms with Gasteiger partial charge in [0.1, 0.15) is 0 Å². The number of amides is 1. The molecule has 0 unspecified atom stereocenters. The van der Waals surface area contributed by atoms with E-state index in [1.165, 1.54) is 0 Å². The van der Waals surface area contributed by atoms with Gasteiger partial charge in [0.05, 0.1) is 10.9 Å². The summed E-state index contributed by atoms with van der Waals surface area (Å²) in [5.74, 6) is -0.230. The van der Waals surface area contributed by atoms with Gasteiger partial charge in [-0.1, -0.05) is 59.4 Å². The summed E-state index contributed by atoms with van der Waals surface area (Å²) in [5, 5.41) is 4.17. The average molecular weight is 357 g/mol. The molecule has 0 aliphatic rings. The van der Waals surface area contributed by atoms with Gasteiger partial charge in [-0.25, -0.2) is 4.98 Å². The van der Waals surface area contributed by atoms with Crippen LogP contribution in [0.1, 0.15) is 12.0 Å². The molecular formula is C18H13ClN2O2S. The van der Waals surface area contributed by atoms with Gasteiger partial charge in [0, 0.05) is 11.4 Å². The Balaban J connectivity index is 1.68. The van der Waals surface area contributed by atoms with Crippen molar-refractivity contribution in [1.29, 1.82) is 0 Å². The molecule has 0 aliphatic carbocycles. The van der Waals surface area contributed by atoms with Crippen molar-refractivity contribution >= 4 is 51.0 Å². The first kappa shape index (κ1) is 16.4. The highest BCUT2D eigenvalue weighted by Gasteiger charge is 2.06. The number of nitrogens with zero attached hydrogens (tertiary/aromatic N) is 1. The SMILES string of the molecule is O=C(C/C=C/c1cccc(Cl)c1)Nc1nc2ccccc2c(=O)s1. The van der Waals surface area contributed by atoms with Gasteiger partial charge < -0.3 is 5.32 Å². The first-order valence-corrected chi connectivity index (χ1v) is 8.43. The van der Waals surface area contributed by atoms with Gasteiger partial charge in [0.15, 0.2) is 5.13 Å². The van der Waals surface area contributed by atoms with Crippen LogP contribution in [-0.4, -0.2) is 10.9 Å². The number of carbonyl (C=O) groups excluding carboxylic acids is 1. The number of hydrogen-bond acceptors (Lipinski definition) is 4. The Labute approximate surface area is 147 Å². The van der Waals surface area contributed by atoms with Crippen molar-refractivity contribution < 1.29 is 4.79 Å². The molecule has 1 amide bonds. The average Bonchev–Trinajstić information content (AvgIpc) is 2.55. The molecule has 4 nitrogen and oxygen atoms in total. The number of anilines is 1. The Kier molecular flexibility index (Phi) is 5.03. The summed E-state index contributed by atoms with van der Waals surface area (Å²) in [6.07, 6.45) is 3.74. The molecule has 0 atom stereocenters. The zero-order valence-electron chi connectivity index (χ0n) is 12.5. The highest BCUT2D eigenvalue weighted by molar-refractivity contribution is 7.13. The van der Waals surface area contributed by atoms with Crippen LogP contribution < -0.4 is 10.1 Å². The second-order valence-electron chi connectivity index (χ2n) is 5.03. The number of aromatic nitrogens is 1. The Morgan fingerprint density at radius 1 is 1.21 bits per heavy atom. The molecule has 2 aromatic carbocycles. The van der Waals surface area contributed by atoms with Gasteiger partial charge in [-0.3, -0.25) is 9.59 Å². The Hall–Kier alpha value is -2.50. The highest BCUT2D eigenvalue weighted by Crippen LogP contribution is 2.15. The van der Waals surface area contributed by atoms with Crippen LogP contribution in [0.3, 0.4) is 0 Å². The van der Waals surface area contributed by atoms with Crippen molar-refractivity contribution in [3.8, 4) is 0 Å². The highest BCUT2D eigenvalue weighted by atomic mass is 35.5. The molecule has 6 heteroatoms. The van der Waals surface area contributed by atoms with E-state index >= 15 is 0 Å². The molecule has 0 fully saturated rings. The topological polar surface area (TPSA) is 59.1 Å². The molecule has 0 radical (unpaired) electrons. The maximum Gasteiger partial charge on any atom is 0.245 e. The minimum Gasteiger partial charge on any atom is -0.302 e. The molecule has 0 spiro atoms. The summed E-state index contributed by atoms with van der Waals surface area (Å²) in [6.45, 7) is 0. The maximum absolute atomic E-state index is 12.0. The lowest BCUT2D eigenvalue weighted by Gasteiger charge is -2.02. The van der Waals surface area contributed by atoms with E-state index in [1.807, 2.05) is 24.3 Å². The molecule has 1 heterocycles. The minimum absolute atomic E-state index is 0.120. The Morgan fingerprint density at radius 2 is 2.04 bits per heavy atom. The Morgan fingerprint density at radius 3 is 2.88 bits per heavy atom. The largest absolute Gasteiger partial charge is 0.302 e. The molecule has 0 saturated carbocycles. The van der Waals surface area contributed by atoms with E-state index in [0.717, 1.165) is 16.9 Å². The molecule has 0 aliphatic heterocycles. The van der Waals surface area contributed by atoms with E-state index in [4.69, 9.17) is 11.6 Å². The molecule has 1 aromatic heterocycles. The second-order valence-corrected chi connectivity index (χ2v) is 6.43. The van der Waals surface area contributed by atoms with Gasteiger partial charge in [-0.15, -0.1) is 0 Å². The predicted octanol–water partition coefficient (Wildman–Crippen LogP) is 4.35. The van der Waals surface area contributed by atoms with Gasteiger partial charge in [0.2, 0.25) is 10.6 Å². The lowest BCUT2D eigenvalue weighted by Crippen LogP contribution is -2.12. The quantitative estimate of drug-likeness (QED) is 0.756. The molecular weight excluding hydrogens is 344 g/mol. The third kappa shape index (κ3) is 4.07. The van der Waals surface area contributed by atoms with Crippen LogP contribution in [0.5, 0.6) is 0 Å². The Bertz CT molecular complexity index is 982. The van der Waals surface area contributed by atoms with Gasteiger partial charge in [0.25, 0.3) is 0 Å². The molecule has 1 N–H and O–H groups in total. The lowest BCUT2D eigenvalue weighted by atomic mass is 10.2. The summed E-state index contributed by atoms with van der Waals surface area (Å²) >= 11 is 6.83. The maximum atomic E-state index is 12.0. The van der Waals surface area contributed by atoms with E-state index in [1.54, 1.807) is 36.4 Å². The number of rotatable bonds is 4. The number of carbonyl (C=O) groups is 1. The first-order valence-electron chi connectivity index (χ1n) is 7.24. The van der Waals surface area contributed by atoms with E-state index < -0.39 is 0 Å². The van der Waals surface area contributed by atoms with Crippen LogP contribution in [0.2, 0.25) is 5.02 Å². The molecule has 3 aromatic rings. The molecule has 24 heavy (non-hydrogen) atoms. The molecule has 0 bridgehead atoms. The van der Waals surface area contributed by atoms with Crippen LogP contribution in [0.4, 0.5) is 5.13 Å².